The summed E-state index contributed by atoms with van der Waals surface area (Å²) < 4.78 is 0. The maximum atomic E-state index is 11.7. The van der Waals surface area contributed by atoms with Crippen LogP contribution in [0.1, 0.15) is 25.8 Å². The molecule has 0 heterocycles. The van der Waals surface area contributed by atoms with Gasteiger partial charge in [0.15, 0.2) is 0 Å². The summed E-state index contributed by atoms with van der Waals surface area (Å²) in [5, 5.41) is 12.0. The van der Waals surface area contributed by atoms with E-state index in [1.54, 1.807) is 0 Å². The highest BCUT2D eigenvalue weighted by Crippen LogP contribution is 2.08. The first-order chi connectivity index (χ1) is 7.59. The molecule has 16 heavy (non-hydrogen) atoms. The normalized spacial score (nSPS) is 14.2. The van der Waals surface area contributed by atoms with E-state index in [1.807, 2.05) is 44.2 Å². The lowest BCUT2D eigenvalue weighted by atomic mass is 9.99. The van der Waals surface area contributed by atoms with Gasteiger partial charge in [-0.15, -0.1) is 0 Å². The van der Waals surface area contributed by atoms with Gasteiger partial charge in [-0.2, -0.15) is 0 Å². The van der Waals surface area contributed by atoms with Crippen molar-refractivity contribution in [3.8, 4) is 0 Å². The highest BCUT2D eigenvalue weighted by atomic mass is 16.3. The molecule has 2 N–H and O–H groups in total. The van der Waals surface area contributed by atoms with Crippen molar-refractivity contribution in [1.82, 2.24) is 5.32 Å². The Morgan fingerprint density at radius 1 is 1.38 bits per heavy atom. The molecule has 3 nitrogen and oxygen atoms in total. The minimum absolute atomic E-state index is 0.0377. The Bertz CT molecular complexity index is 331. The van der Waals surface area contributed by atoms with Crippen molar-refractivity contribution in [2.45, 2.75) is 32.2 Å². The third kappa shape index (κ3) is 3.66. The summed E-state index contributed by atoms with van der Waals surface area (Å²) >= 11 is 0. The minimum Gasteiger partial charge on any atom is -0.394 e. The van der Waals surface area contributed by atoms with Crippen LogP contribution < -0.4 is 5.32 Å². The molecule has 1 aromatic carbocycles. The molecule has 0 fully saturated rings. The van der Waals surface area contributed by atoms with Gasteiger partial charge in [-0.3, -0.25) is 4.79 Å². The summed E-state index contributed by atoms with van der Waals surface area (Å²) in [6.45, 7) is 3.75. The third-order valence-corrected chi connectivity index (χ3v) is 2.78. The van der Waals surface area contributed by atoms with Crippen molar-refractivity contribution >= 4 is 5.91 Å². The van der Waals surface area contributed by atoms with Crippen LogP contribution in [-0.2, 0) is 11.2 Å². The van der Waals surface area contributed by atoms with Gasteiger partial charge in [-0.25, -0.2) is 0 Å². The van der Waals surface area contributed by atoms with E-state index in [0.717, 1.165) is 5.56 Å². The van der Waals surface area contributed by atoms with E-state index in [0.29, 0.717) is 12.8 Å². The summed E-state index contributed by atoms with van der Waals surface area (Å²) in [5.74, 6) is -0.0513. The molecule has 0 bridgehead atoms. The number of hydrogen-bond acceptors (Lipinski definition) is 2. The Labute approximate surface area is 96.5 Å². The molecule has 0 saturated carbocycles. The highest BCUT2D eigenvalue weighted by Gasteiger charge is 2.22. The Morgan fingerprint density at radius 2 is 2.00 bits per heavy atom. The highest BCUT2D eigenvalue weighted by molar-refractivity contribution is 5.79. The molecular weight excluding hydrogens is 202 g/mol. The molecule has 3 heteroatoms. The molecule has 0 aliphatic carbocycles. The molecule has 0 saturated heterocycles. The first kappa shape index (κ1) is 12.7. The number of hydrogen-bond donors (Lipinski definition) is 2. The molecule has 0 aliphatic rings. The molecule has 1 amide bonds. The van der Waals surface area contributed by atoms with E-state index in [2.05, 4.69) is 5.32 Å². The summed E-state index contributed by atoms with van der Waals surface area (Å²) in [7, 11) is 0. The van der Waals surface area contributed by atoms with E-state index >= 15 is 0 Å². The van der Waals surface area contributed by atoms with Crippen molar-refractivity contribution < 1.29 is 9.90 Å². The zero-order chi connectivity index (χ0) is 12.0. The molecule has 1 atom stereocenters. The summed E-state index contributed by atoms with van der Waals surface area (Å²) in [6.07, 6.45) is 1.07. The van der Waals surface area contributed by atoms with E-state index < -0.39 is 5.54 Å². The summed E-state index contributed by atoms with van der Waals surface area (Å²) in [4.78, 5) is 11.7. The van der Waals surface area contributed by atoms with E-state index in [9.17, 15) is 9.90 Å². The Hall–Kier alpha value is -1.35. The van der Waals surface area contributed by atoms with Crippen LogP contribution in [0.25, 0.3) is 0 Å². The number of amides is 1. The van der Waals surface area contributed by atoms with E-state index in [4.69, 9.17) is 0 Å². The van der Waals surface area contributed by atoms with Gasteiger partial charge in [0.05, 0.1) is 18.6 Å². The predicted octanol–water partition coefficient (Wildman–Crippen LogP) is 1.51. The topological polar surface area (TPSA) is 49.3 Å². The lowest BCUT2D eigenvalue weighted by Crippen LogP contribution is -2.48. The summed E-state index contributed by atoms with van der Waals surface area (Å²) in [6, 6.07) is 9.58. The first-order valence-corrected chi connectivity index (χ1v) is 5.55. The number of carbonyl (C=O) groups excluding carboxylic acids is 1. The molecule has 0 spiro atoms. The number of carbonyl (C=O) groups is 1. The number of rotatable bonds is 5. The standard InChI is InChI=1S/C13H19NO2/c1-3-13(2,10-15)14-12(16)9-11-7-5-4-6-8-11/h4-8,15H,3,9-10H2,1-2H3,(H,14,16). The Balaban J connectivity index is 2.54. The molecule has 1 rings (SSSR count). The van der Waals surface area contributed by atoms with Crippen molar-refractivity contribution in [2.24, 2.45) is 0 Å². The molecule has 0 aromatic heterocycles. The van der Waals surface area contributed by atoms with Crippen LogP contribution in [-0.4, -0.2) is 23.2 Å². The average molecular weight is 221 g/mol. The van der Waals surface area contributed by atoms with Gasteiger partial charge in [0.25, 0.3) is 0 Å². The van der Waals surface area contributed by atoms with Crippen LogP contribution in [0.4, 0.5) is 0 Å². The molecular formula is C13H19NO2. The van der Waals surface area contributed by atoms with Crippen molar-refractivity contribution in [2.75, 3.05) is 6.61 Å². The van der Waals surface area contributed by atoms with Gasteiger partial charge in [0.2, 0.25) is 5.91 Å². The van der Waals surface area contributed by atoms with Gasteiger partial charge in [-0.05, 0) is 18.9 Å². The van der Waals surface area contributed by atoms with Crippen LogP contribution in [0, 0.1) is 0 Å². The van der Waals surface area contributed by atoms with E-state index in [1.165, 1.54) is 0 Å². The maximum absolute atomic E-state index is 11.7. The van der Waals surface area contributed by atoms with Crippen molar-refractivity contribution in [3.63, 3.8) is 0 Å². The number of aliphatic hydroxyl groups excluding tert-OH is 1. The number of benzene rings is 1. The second kappa shape index (κ2) is 5.66. The quantitative estimate of drug-likeness (QED) is 0.791. The summed E-state index contributed by atoms with van der Waals surface area (Å²) in [5.41, 5.74) is 0.475. The molecule has 1 unspecified atom stereocenters. The van der Waals surface area contributed by atoms with Crippen molar-refractivity contribution in [3.05, 3.63) is 35.9 Å². The van der Waals surface area contributed by atoms with Gasteiger partial charge >= 0.3 is 0 Å². The molecule has 0 aliphatic heterocycles. The second-order valence-corrected chi connectivity index (χ2v) is 4.28. The lowest BCUT2D eigenvalue weighted by Gasteiger charge is -2.27. The first-order valence-electron chi connectivity index (χ1n) is 5.55. The number of nitrogens with one attached hydrogen (secondary N) is 1. The van der Waals surface area contributed by atoms with Gasteiger partial charge in [-0.1, -0.05) is 37.3 Å². The van der Waals surface area contributed by atoms with Crippen LogP contribution in [0.5, 0.6) is 0 Å². The van der Waals surface area contributed by atoms with Crippen LogP contribution >= 0.6 is 0 Å². The lowest BCUT2D eigenvalue weighted by molar-refractivity contribution is -0.122. The zero-order valence-corrected chi connectivity index (χ0v) is 9.86. The van der Waals surface area contributed by atoms with Gasteiger partial charge < -0.3 is 10.4 Å². The molecule has 1 aromatic rings. The fourth-order valence-electron chi connectivity index (χ4n) is 1.40. The fraction of sp³-hybridized carbons (Fsp3) is 0.462. The smallest absolute Gasteiger partial charge is 0.224 e. The monoisotopic (exact) mass is 221 g/mol. The van der Waals surface area contributed by atoms with Crippen molar-refractivity contribution in [1.29, 1.82) is 0 Å². The zero-order valence-electron chi connectivity index (χ0n) is 9.86. The SMILES string of the molecule is CCC(C)(CO)NC(=O)Cc1ccccc1. The largest absolute Gasteiger partial charge is 0.394 e. The van der Waals surface area contributed by atoms with Crippen LogP contribution in [0.15, 0.2) is 30.3 Å². The fourth-order valence-corrected chi connectivity index (χ4v) is 1.40. The average Bonchev–Trinajstić information content (AvgIpc) is 2.30. The van der Waals surface area contributed by atoms with Gasteiger partial charge in [0, 0.05) is 0 Å². The Morgan fingerprint density at radius 3 is 2.50 bits per heavy atom. The van der Waals surface area contributed by atoms with Crippen LogP contribution in [0.2, 0.25) is 0 Å². The third-order valence-electron chi connectivity index (χ3n) is 2.78. The minimum atomic E-state index is -0.508. The number of aliphatic hydroxyl groups is 1. The maximum Gasteiger partial charge on any atom is 0.224 e. The molecule has 0 radical (unpaired) electrons. The Kier molecular flexibility index (Phi) is 4.50. The molecule has 88 valence electrons. The second-order valence-electron chi connectivity index (χ2n) is 4.28. The van der Waals surface area contributed by atoms with Gasteiger partial charge in [0.1, 0.15) is 0 Å². The predicted molar refractivity (Wildman–Crippen MR) is 64.1 cm³/mol. The van der Waals surface area contributed by atoms with E-state index in [-0.39, 0.29) is 12.5 Å². The van der Waals surface area contributed by atoms with Crippen LogP contribution in [0.3, 0.4) is 0 Å².